The zero-order valence-corrected chi connectivity index (χ0v) is 12.3. The number of rotatable bonds is 4. The molecule has 3 nitrogen and oxygen atoms in total. The maximum Gasteiger partial charge on any atom is 0.0596 e. The Balaban J connectivity index is 2.05. The molecule has 0 N–H and O–H groups in total. The van der Waals surface area contributed by atoms with Gasteiger partial charge >= 0.3 is 0 Å². The highest BCUT2D eigenvalue weighted by molar-refractivity contribution is 5.13. The molecule has 102 valence electrons. The predicted molar refractivity (Wildman–Crippen MR) is 76.1 cm³/mol. The summed E-state index contributed by atoms with van der Waals surface area (Å²) in [5, 5.41) is 4.72. The smallest absolute Gasteiger partial charge is 0.0596 e. The Labute approximate surface area is 111 Å². The molecule has 0 amide bonds. The van der Waals surface area contributed by atoms with Crippen LogP contribution in [0.25, 0.3) is 0 Å². The lowest BCUT2D eigenvalue weighted by Crippen LogP contribution is -2.35. The fourth-order valence-electron chi connectivity index (χ4n) is 2.96. The zero-order valence-electron chi connectivity index (χ0n) is 12.3. The standard InChI is InChI=1S/C15H27N3/c1-5-8-17-9-6-14(7-10-17)18-15(12(2)3)11-13(4)16-18/h11-12,14H,5-10H2,1-4H3. The first-order chi connectivity index (χ1) is 8.61. The van der Waals surface area contributed by atoms with Gasteiger partial charge in [-0.2, -0.15) is 5.10 Å². The van der Waals surface area contributed by atoms with E-state index in [2.05, 4.69) is 43.3 Å². The molecule has 0 bridgehead atoms. The average molecular weight is 249 g/mol. The van der Waals surface area contributed by atoms with Gasteiger partial charge in [0.1, 0.15) is 0 Å². The molecular weight excluding hydrogens is 222 g/mol. The maximum atomic E-state index is 4.72. The Morgan fingerprint density at radius 1 is 1.33 bits per heavy atom. The second-order valence-corrected chi connectivity index (χ2v) is 5.88. The van der Waals surface area contributed by atoms with Crippen molar-refractivity contribution in [2.45, 2.75) is 58.9 Å². The fraction of sp³-hybridized carbons (Fsp3) is 0.800. The van der Waals surface area contributed by atoms with Crippen molar-refractivity contribution in [3.8, 4) is 0 Å². The summed E-state index contributed by atoms with van der Waals surface area (Å²) < 4.78 is 2.31. The first-order valence-electron chi connectivity index (χ1n) is 7.40. The van der Waals surface area contributed by atoms with Crippen molar-refractivity contribution in [3.63, 3.8) is 0 Å². The van der Waals surface area contributed by atoms with Crippen molar-refractivity contribution in [1.82, 2.24) is 14.7 Å². The van der Waals surface area contributed by atoms with Crippen LogP contribution < -0.4 is 0 Å². The van der Waals surface area contributed by atoms with Gasteiger partial charge in [-0.15, -0.1) is 0 Å². The van der Waals surface area contributed by atoms with Gasteiger partial charge in [0.05, 0.1) is 11.7 Å². The number of aromatic nitrogens is 2. The average Bonchev–Trinajstić information content (AvgIpc) is 2.73. The maximum absolute atomic E-state index is 4.72. The van der Waals surface area contributed by atoms with E-state index in [0.29, 0.717) is 12.0 Å². The molecule has 1 aliphatic heterocycles. The molecule has 18 heavy (non-hydrogen) atoms. The highest BCUT2D eigenvalue weighted by Gasteiger charge is 2.23. The summed E-state index contributed by atoms with van der Waals surface area (Å²) in [5.41, 5.74) is 2.57. The van der Waals surface area contributed by atoms with E-state index < -0.39 is 0 Å². The van der Waals surface area contributed by atoms with E-state index in [1.165, 1.54) is 44.6 Å². The Morgan fingerprint density at radius 3 is 2.56 bits per heavy atom. The van der Waals surface area contributed by atoms with E-state index in [1.54, 1.807) is 0 Å². The first-order valence-corrected chi connectivity index (χ1v) is 7.40. The van der Waals surface area contributed by atoms with Crippen molar-refractivity contribution in [1.29, 1.82) is 0 Å². The molecule has 1 aromatic heterocycles. The van der Waals surface area contributed by atoms with Crippen LogP contribution >= 0.6 is 0 Å². The minimum Gasteiger partial charge on any atom is -0.303 e. The van der Waals surface area contributed by atoms with Crippen LogP contribution in [0.4, 0.5) is 0 Å². The predicted octanol–water partition coefficient (Wildman–Crippen LogP) is 3.36. The van der Waals surface area contributed by atoms with Crippen LogP contribution in [0.5, 0.6) is 0 Å². The summed E-state index contributed by atoms with van der Waals surface area (Å²) in [7, 11) is 0. The van der Waals surface area contributed by atoms with Gasteiger partial charge in [0.2, 0.25) is 0 Å². The molecule has 3 heteroatoms. The molecular formula is C15H27N3. The van der Waals surface area contributed by atoms with Crippen molar-refractivity contribution in [2.24, 2.45) is 0 Å². The molecule has 2 rings (SSSR count). The third kappa shape index (κ3) is 2.94. The topological polar surface area (TPSA) is 21.1 Å². The normalized spacial score (nSPS) is 18.7. The lowest BCUT2D eigenvalue weighted by atomic mass is 10.0. The molecule has 0 radical (unpaired) electrons. The van der Waals surface area contributed by atoms with Crippen LogP contribution in [0.3, 0.4) is 0 Å². The number of hydrogen-bond donors (Lipinski definition) is 0. The van der Waals surface area contributed by atoms with Gasteiger partial charge < -0.3 is 4.90 Å². The first kappa shape index (κ1) is 13.6. The lowest BCUT2D eigenvalue weighted by molar-refractivity contribution is 0.177. The van der Waals surface area contributed by atoms with Crippen LogP contribution in [-0.4, -0.2) is 34.3 Å². The second kappa shape index (κ2) is 5.87. The van der Waals surface area contributed by atoms with Gasteiger partial charge in [0, 0.05) is 18.8 Å². The molecule has 0 atom stereocenters. The van der Waals surface area contributed by atoms with Crippen molar-refractivity contribution < 1.29 is 0 Å². The molecule has 0 aliphatic carbocycles. The van der Waals surface area contributed by atoms with Gasteiger partial charge in [-0.05, 0) is 44.7 Å². The van der Waals surface area contributed by atoms with Crippen LogP contribution in [0.15, 0.2) is 6.07 Å². The van der Waals surface area contributed by atoms with E-state index in [4.69, 9.17) is 5.10 Å². The van der Waals surface area contributed by atoms with E-state index >= 15 is 0 Å². The fourth-order valence-corrected chi connectivity index (χ4v) is 2.96. The number of hydrogen-bond acceptors (Lipinski definition) is 2. The van der Waals surface area contributed by atoms with Gasteiger partial charge in [-0.25, -0.2) is 0 Å². The summed E-state index contributed by atoms with van der Waals surface area (Å²) in [5.74, 6) is 0.569. The van der Waals surface area contributed by atoms with Crippen molar-refractivity contribution in [2.75, 3.05) is 19.6 Å². The van der Waals surface area contributed by atoms with Crippen LogP contribution in [-0.2, 0) is 0 Å². The number of piperidine rings is 1. The SMILES string of the molecule is CCCN1CCC(n2nc(C)cc2C(C)C)CC1. The molecule has 1 aliphatic rings. The molecule has 0 unspecified atom stereocenters. The van der Waals surface area contributed by atoms with Gasteiger partial charge in [-0.1, -0.05) is 20.8 Å². The third-order valence-corrected chi connectivity index (χ3v) is 3.92. The van der Waals surface area contributed by atoms with E-state index in [9.17, 15) is 0 Å². The highest BCUT2D eigenvalue weighted by Crippen LogP contribution is 2.27. The summed E-state index contributed by atoms with van der Waals surface area (Å²) in [6.07, 6.45) is 3.77. The van der Waals surface area contributed by atoms with Crippen LogP contribution in [0.2, 0.25) is 0 Å². The van der Waals surface area contributed by atoms with Gasteiger partial charge in [-0.3, -0.25) is 4.68 Å². The Kier molecular flexibility index (Phi) is 4.44. The number of aryl methyl sites for hydroxylation is 1. The highest BCUT2D eigenvalue weighted by atomic mass is 15.3. The van der Waals surface area contributed by atoms with E-state index in [-0.39, 0.29) is 0 Å². The largest absolute Gasteiger partial charge is 0.303 e. The Bertz CT molecular complexity index is 373. The zero-order chi connectivity index (χ0) is 13.1. The van der Waals surface area contributed by atoms with Gasteiger partial charge in [0.25, 0.3) is 0 Å². The number of likely N-dealkylation sites (tertiary alicyclic amines) is 1. The monoisotopic (exact) mass is 249 g/mol. The summed E-state index contributed by atoms with van der Waals surface area (Å²) in [4.78, 5) is 2.59. The molecule has 2 heterocycles. The van der Waals surface area contributed by atoms with Crippen LogP contribution in [0.1, 0.15) is 63.4 Å². The third-order valence-electron chi connectivity index (χ3n) is 3.92. The van der Waals surface area contributed by atoms with Crippen molar-refractivity contribution in [3.05, 3.63) is 17.5 Å². The van der Waals surface area contributed by atoms with Gasteiger partial charge in [0.15, 0.2) is 0 Å². The minimum atomic E-state index is 0.569. The lowest BCUT2D eigenvalue weighted by Gasteiger charge is -2.32. The summed E-state index contributed by atoms with van der Waals surface area (Å²) in [6.45, 7) is 12.6. The molecule has 0 aromatic carbocycles. The van der Waals surface area contributed by atoms with E-state index in [0.717, 1.165) is 5.69 Å². The quantitative estimate of drug-likeness (QED) is 0.816. The van der Waals surface area contributed by atoms with Crippen LogP contribution in [0, 0.1) is 6.92 Å². The second-order valence-electron chi connectivity index (χ2n) is 5.88. The Morgan fingerprint density at radius 2 is 2.00 bits per heavy atom. The molecule has 1 saturated heterocycles. The molecule has 1 fully saturated rings. The minimum absolute atomic E-state index is 0.569. The van der Waals surface area contributed by atoms with Crippen molar-refractivity contribution >= 4 is 0 Å². The molecule has 0 saturated carbocycles. The number of nitrogens with zero attached hydrogens (tertiary/aromatic N) is 3. The molecule has 0 spiro atoms. The summed E-state index contributed by atoms with van der Waals surface area (Å²) in [6, 6.07) is 2.87. The molecule has 1 aromatic rings. The van der Waals surface area contributed by atoms with E-state index in [1.807, 2.05) is 0 Å². The summed E-state index contributed by atoms with van der Waals surface area (Å²) >= 11 is 0. The Hall–Kier alpha value is -0.830.